The van der Waals surface area contributed by atoms with E-state index in [0.29, 0.717) is 0 Å². The zero-order chi connectivity index (χ0) is 9.26. The maximum atomic E-state index is 5.28. The van der Waals surface area contributed by atoms with Crippen molar-refractivity contribution in [2.75, 3.05) is 25.5 Å². The Bertz CT molecular complexity index is 204. The summed E-state index contributed by atoms with van der Waals surface area (Å²) < 4.78 is 1.10. The van der Waals surface area contributed by atoms with Gasteiger partial charge in [0.2, 0.25) is 0 Å². The van der Waals surface area contributed by atoms with Crippen molar-refractivity contribution in [1.82, 2.24) is 9.80 Å². The molecule has 2 fully saturated rings. The van der Waals surface area contributed by atoms with Gasteiger partial charge in [-0.1, -0.05) is 30.9 Å². The van der Waals surface area contributed by atoms with E-state index in [4.69, 9.17) is 12.2 Å². The molecule has 13 heavy (non-hydrogen) atoms. The minimum Gasteiger partial charge on any atom is -0.344 e. The first-order valence-corrected chi connectivity index (χ1v) is 6.36. The largest absolute Gasteiger partial charge is 0.344 e. The van der Waals surface area contributed by atoms with Crippen molar-refractivity contribution in [3.05, 3.63) is 0 Å². The summed E-state index contributed by atoms with van der Waals surface area (Å²) in [4.78, 5) is 4.88. The van der Waals surface area contributed by atoms with Crippen molar-refractivity contribution in [2.24, 2.45) is 0 Å². The molecule has 0 radical (unpaired) electrons. The molecule has 1 aliphatic carbocycles. The molecule has 0 aromatic rings. The maximum absolute atomic E-state index is 5.28. The Hall–Kier alpha value is 0.200. The van der Waals surface area contributed by atoms with Gasteiger partial charge in [0.25, 0.3) is 0 Å². The van der Waals surface area contributed by atoms with Crippen LogP contribution in [0, 0.1) is 0 Å². The minimum absolute atomic E-state index is 0.860. The van der Waals surface area contributed by atoms with E-state index in [1.54, 1.807) is 0 Å². The second kappa shape index (κ2) is 4.15. The van der Waals surface area contributed by atoms with Crippen LogP contribution in [0.3, 0.4) is 0 Å². The molecular formula is C9H16N2S2. The van der Waals surface area contributed by atoms with Crippen LogP contribution in [-0.2, 0) is 0 Å². The quantitative estimate of drug-likeness (QED) is 0.660. The van der Waals surface area contributed by atoms with Crippen molar-refractivity contribution >= 4 is 28.3 Å². The van der Waals surface area contributed by atoms with E-state index in [1.807, 2.05) is 11.8 Å². The first-order chi connectivity index (χ1) is 6.31. The van der Waals surface area contributed by atoms with Crippen LogP contribution in [0.1, 0.15) is 19.8 Å². The molecule has 0 atom stereocenters. The van der Waals surface area contributed by atoms with E-state index >= 15 is 0 Å². The van der Waals surface area contributed by atoms with Gasteiger partial charge in [0.15, 0.2) is 0 Å². The highest BCUT2D eigenvalue weighted by Gasteiger charge is 2.30. The third kappa shape index (κ3) is 2.36. The number of thioether (sulfide) groups is 1. The number of rotatable bonds is 4. The summed E-state index contributed by atoms with van der Waals surface area (Å²) in [5, 5.41) is 0. The first kappa shape index (κ1) is 9.74. The second-order valence-corrected chi connectivity index (χ2v) is 5.38. The molecule has 2 aliphatic rings. The number of hydrogen-bond acceptors (Lipinski definition) is 3. The van der Waals surface area contributed by atoms with Gasteiger partial charge in [-0.15, -0.1) is 0 Å². The van der Waals surface area contributed by atoms with Gasteiger partial charge in [-0.25, -0.2) is 0 Å². The molecule has 2 nitrogen and oxygen atoms in total. The van der Waals surface area contributed by atoms with Crippen LogP contribution in [0.5, 0.6) is 0 Å². The Morgan fingerprint density at radius 2 is 2.38 bits per heavy atom. The Kier molecular flexibility index (Phi) is 3.11. The molecule has 0 aromatic heterocycles. The predicted molar refractivity (Wildman–Crippen MR) is 62.0 cm³/mol. The Labute approximate surface area is 89.6 Å². The van der Waals surface area contributed by atoms with Gasteiger partial charge in [0.1, 0.15) is 4.32 Å². The molecule has 0 amide bonds. The lowest BCUT2D eigenvalue weighted by Gasteiger charge is -2.27. The number of hydrogen-bond donors (Lipinski definition) is 0. The van der Waals surface area contributed by atoms with Crippen LogP contribution in [0.4, 0.5) is 0 Å². The number of nitrogens with zero attached hydrogens (tertiary/aromatic N) is 2. The standard InChI is InChI=1S/C9H16N2S2/c1-2-10(8-3-4-8)7-11-5-6-13-9(11)12/h8H,2-7H2,1H3. The molecule has 0 spiro atoms. The molecular weight excluding hydrogens is 200 g/mol. The normalized spacial score (nSPS) is 23.2. The molecule has 0 N–H and O–H groups in total. The van der Waals surface area contributed by atoms with Gasteiger partial charge < -0.3 is 4.90 Å². The van der Waals surface area contributed by atoms with Crippen molar-refractivity contribution in [1.29, 1.82) is 0 Å². The van der Waals surface area contributed by atoms with Gasteiger partial charge in [0, 0.05) is 18.3 Å². The van der Waals surface area contributed by atoms with Crippen LogP contribution < -0.4 is 0 Å². The van der Waals surface area contributed by atoms with E-state index in [1.165, 1.54) is 18.6 Å². The van der Waals surface area contributed by atoms with Crippen molar-refractivity contribution in [3.8, 4) is 0 Å². The lowest BCUT2D eigenvalue weighted by Crippen LogP contribution is -2.39. The van der Waals surface area contributed by atoms with Gasteiger partial charge in [-0.2, -0.15) is 0 Å². The average molecular weight is 216 g/mol. The molecule has 4 heteroatoms. The Morgan fingerprint density at radius 1 is 1.62 bits per heavy atom. The van der Waals surface area contributed by atoms with E-state index in [2.05, 4.69) is 16.7 Å². The molecule has 1 heterocycles. The second-order valence-electron chi connectivity index (χ2n) is 3.66. The fourth-order valence-corrected chi connectivity index (χ4v) is 2.90. The monoisotopic (exact) mass is 216 g/mol. The summed E-state index contributed by atoms with van der Waals surface area (Å²) in [6, 6.07) is 0.860. The van der Waals surface area contributed by atoms with Gasteiger partial charge in [-0.3, -0.25) is 4.90 Å². The fourth-order valence-electron chi connectivity index (χ4n) is 1.69. The summed E-state index contributed by atoms with van der Waals surface area (Å²) in [6.45, 7) is 5.61. The SMILES string of the molecule is CCN(CN1CCSC1=S)C1CC1. The predicted octanol–water partition coefficient (Wildman–Crippen LogP) is 1.76. The number of thiocarbonyl (C=S) groups is 1. The van der Waals surface area contributed by atoms with Gasteiger partial charge in [0.05, 0.1) is 6.67 Å². The highest BCUT2D eigenvalue weighted by Crippen LogP contribution is 2.28. The molecule has 74 valence electrons. The summed E-state index contributed by atoms with van der Waals surface area (Å²) >= 11 is 7.10. The first-order valence-electron chi connectivity index (χ1n) is 4.97. The van der Waals surface area contributed by atoms with Crippen molar-refractivity contribution in [3.63, 3.8) is 0 Å². The van der Waals surface area contributed by atoms with Crippen LogP contribution >= 0.6 is 24.0 Å². The molecule has 0 aromatic carbocycles. The summed E-state index contributed by atoms with van der Waals surface area (Å²) in [6.07, 6.45) is 2.78. The Morgan fingerprint density at radius 3 is 2.85 bits per heavy atom. The third-order valence-corrected chi connectivity index (χ3v) is 4.17. The lowest BCUT2D eigenvalue weighted by molar-refractivity contribution is 0.197. The topological polar surface area (TPSA) is 6.48 Å². The molecule has 0 unspecified atom stereocenters. The van der Waals surface area contributed by atoms with Crippen LogP contribution in [-0.4, -0.2) is 45.7 Å². The van der Waals surface area contributed by atoms with Crippen LogP contribution in [0.15, 0.2) is 0 Å². The van der Waals surface area contributed by atoms with Crippen molar-refractivity contribution in [2.45, 2.75) is 25.8 Å². The van der Waals surface area contributed by atoms with Crippen LogP contribution in [0.2, 0.25) is 0 Å². The molecule has 1 saturated heterocycles. The third-order valence-electron chi connectivity index (χ3n) is 2.67. The summed E-state index contributed by atoms with van der Waals surface area (Å²) in [7, 11) is 0. The molecule has 2 rings (SSSR count). The average Bonchev–Trinajstić information content (AvgIpc) is 2.88. The zero-order valence-electron chi connectivity index (χ0n) is 8.03. The van der Waals surface area contributed by atoms with E-state index in [9.17, 15) is 0 Å². The summed E-state index contributed by atoms with van der Waals surface area (Å²) in [5.41, 5.74) is 0. The van der Waals surface area contributed by atoms with E-state index in [-0.39, 0.29) is 0 Å². The van der Waals surface area contributed by atoms with E-state index < -0.39 is 0 Å². The van der Waals surface area contributed by atoms with Crippen LogP contribution in [0.25, 0.3) is 0 Å². The summed E-state index contributed by atoms with van der Waals surface area (Å²) in [5.74, 6) is 1.18. The van der Waals surface area contributed by atoms with Crippen molar-refractivity contribution < 1.29 is 0 Å². The highest BCUT2D eigenvalue weighted by molar-refractivity contribution is 8.23. The Balaban J connectivity index is 1.83. The maximum Gasteiger partial charge on any atom is 0.137 e. The smallest absolute Gasteiger partial charge is 0.137 e. The molecule has 1 saturated carbocycles. The fraction of sp³-hybridized carbons (Fsp3) is 0.889. The zero-order valence-corrected chi connectivity index (χ0v) is 9.66. The molecule has 1 aliphatic heterocycles. The lowest BCUT2D eigenvalue weighted by atomic mass is 10.5. The van der Waals surface area contributed by atoms with Gasteiger partial charge >= 0.3 is 0 Å². The van der Waals surface area contributed by atoms with E-state index in [0.717, 1.165) is 30.1 Å². The molecule has 0 bridgehead atoms. The van der Waals surface area contributed by atoms with Gasteiger partial charge in [-0.05, 0) is 19.4 Å². The minimum atomic E-state index is 0.860. The highest BCUT2D eigenvalue weighted by atomic mass is 32.2.